The van der Waals surface area contributed by atoms with E-state index in [1.165, 1.54) is 12.1 Å². The number of anilines is 2. The standard InChI is InChI=1S/C19H13N3O3/c23-18-14(10-21-12-5-3-11(4-6-12)19(24)25)17-13-2-1-9-20-15(13)7-8-16(17)22-18/h1-10,21H,(H,22,23)(H,24,25). The molecule has 0 radical (unpaired) electrons. The van der Waals surface area contributed by atoms with E-state index in [0.717, 1.165) is 22.2 Å². The number of nitrogens with zero attached hydrogens (tertiary/aromatic N) is 1. The highest BCUT2D eigenvalue weighted by molar-refractivity contribution is 6.34. The molecule has 6 nitrogen and oxygen atoms in total. The molecule has 0 aliphatic carbocycles. The van der Waals surface area contributed by atoms with Crippen LogP contribution in [0.4, 0.5) is 11.4 Å². The van der Waals surface area contributed by atoms with Crippen molar-refractivity contribution in [3.8, 4) is 0 Å². The van der Waals surface area contributed by atoms with Gasteiger partial charge in [-0.1, -0.05) is 6.07 Å². The number of carboxylic acids is 1. The molecule has 0 unspecified atom stereocenters. The first-order valence-corrected chi connectivity index (χ1v) is 7.63. The van der Waals surface area contributed by atoms with Crippen LogP contribution in [-0.4, -0.2) is 22.0 Å². The molecule has 6 heteroatoms. The molecule has 0 atom stereocenters. The summed E-state index contributed by atoms with van der Waals surface area (Å²) in [4.78, 5) is 27.5. The smallest absolute Gasteiger partial charge is 0.335 e. The van der Waals surface area contributed by atoms with Gasteiger partial charge in [0, 0.05) is 34.7 Å². The number of fused-ring (bicyclic) bond motifs is 3. The van der Waals surface area contributed by atoms with Crippen LogP contribution in [0.3, 0.4) is 0 Å². The van der Waals surface area contributed by atoms with E-state index in [2.05, 4.69) is 15.6 Å². The van der Waals surface area contributed by atoms with E-state index in [1.54, 1.807) is 24.5 Å². The second-order valence-electron chi connectivity index (χ2n) is 5.60. The van der Waals surface area contributed by atoms with Crippen molar-refractivity contribution in [2.24, 2.45) is 0 Å². The fourth-order valence-corrected chi connectivity index (χ4v) is 2.85. The highest BCUT2D eigenvalue weighted by atomic mass is 16.4. The molecule has 122 valence electrons. The molecule has 2 heterocycles. The van der Waals surface area contributed by atoms with Gasteiger partial charge in [0.15, 0.2) is 0 Å². The van der Waals surface area contributed by atoms with Crippen LogP contribution in [0.15, 0.2) is 60.9 Å². The number of aromatic nitrogens is 1. The summed E-state index contributed by atoms with van der Waals surface area (Å²) < 4.78 is 0. The van der Waals surface area contributed by atoms with Crippen molar-refractivity contribution < 1.29 is 14.7 Å². The minimum absolute atomic E-state index is 0.194. The van der Waals surface area contributed by atoms with Gasteiger partial charge in [0.25, 0.3) is 5.91 Å². The SMILES string of the molecule is O=C1Nc2ccc3ncccc3c2C1=CNc1ccc(C(=O)O)cc1. The number of pyridine rings is 1. The van der Waals surface area contributed by atoms with Crippen molar-refractivity contribution in [3.63, 3.8) is 0 Å². The number of amides is 1. The molecule has 1 aliphatic heterocycles. The van der Waals surface area contributed by atoms with E-state index in [9.17, 15) is 9.59 Å². The largest absolute Gasteiger partial charge is 0.478 e. The molecule has 0 saturated carbocycles. The first-order chi connectivity index (χ1) is 12.1. The monoisotopic (exact) mass is 331 g/mol. The van der Waals surface area contributed by atoms with Crippen molar-refractivity contribution >= 4 is 39.7 Å². The van der Waals surface area contributed by atoms with E-state index in [4.69, 9.17) is 5.11 Å². The molecule has 1 aromatic heterocycles. The molecule has 1 aliphatic rings. The molecule has 25 heavy (non-hydrogen) atoms. The molecule has 0 bridgehead atoms. The molecular formula is C19H13N3O3. The van der Waals surface area contributed by atoms with Gasteiger partial charge in [-0.05, 0) is 42.5 Å². The Labute approximate surface area is 142 Å². The summed E-state index contributed by atoms with van der Waals surface area (Å²) in [6.07, 6.45) is 3.34. The minimum atomic E-state index is -0.979. The quantitative estimate of drug-likeness (QED) is 0.640. The van der Waals surface area contributed by atoms with Crippen molar-refractivity contribution in [2.75, 3.05) is 10.6 Å². The summed E-state index contributed by atoms with van der Waals surface area (Å²) >= 11 is 0. The highest BCUT2D eigenvalue weighted by Gasteiger charge is 2.26. The molecule has 4 rings (SSSR count). The number of carbonyl (C=O) groups excluding carboxylic acids is 1. The van der Waals surface area contributed by atoms with Gasteiger partial charge in [-0.2, -0.15) is 0 Å². The number of carbonyl (C=O) groups is 2. The van der Waals surface area contributed by atoms with Gasteiger partial charge in [-0.15, -0.1) is 0 Å². The van der Waals surface area contributed by atoms with Gasteiger partial charge in [-0.3, -0.25) is 9.78 Å². The molecule has 1 amide bonds. The van der Waals surface area contributed by atoms with E-state index < -0.39 is 5.97 Å². The Morgan fingerprint density at radius 1 is 1.12 bits per heavy atom. The lowest BCUT2D eigenvalue weighted by molar-refractivity contribution is -0.110. The third-order valence-corrected chi connectivity index (χ3v) is 4.06. The maximum Gasteiger partial charge on any atom is 0.335 e. The lowest BCUT2D eigenvalue weighted by Gasteiger charge is -2.06. The van der Waals surface area contributed by atoms with E-state index in [-0.39, 0.29) is 11.5 Å². The average Bonchev–Trinajstić information content (AvgIpc) is 2.96. The predicted octanol–water partition coefficient (Wildman–Crippen LogP) is 3.34. The lowest BCUT2D eigenvalue weighted by atomic mass is 10.0. The normalized spacial score (nSPS) is 14.4. The van der Waals surface area contributed by atoms with Crippen LogP contribution in [0.2, 0.25) is 0 Å². The topological polar surface area (TPSA) is 91.3 Å². The van der Waals surface area contributed by atoms with Crippen LogP contribution in [0.5, 0.6) is 0 Å². The predicted molar refractivity (Wildman–Crippen MR) is 95.4 cm³/mol. The Hall–Kier alpha value is -3.67. The second kappa shape index (κ2) is 5.76. The number of hydrogen-bond acceptors (Lipinski definition) is 4. The summed E-state index contributed by atoms with van der Waals surface area (Å²) in [6, 6.07) is 13.8. The fraction of sp³-hybridized carbons (Fsp3) is 0. The maximum absolute atomic E-state index is 12.3. The molecule has 0 saturated heterocycles. The van der Waals surface area contributed by atoms with Crippen molar-refractivity contribution in [3.05, 3.63) is 72.1 Å². The zero-order valence-corrected chi connectivity index (χ0v) is 13.0. The Morgan fingerprint density at radius 2 is 1.92 bits per heavy atom. The summed E-state index contributed by atoms with van der Waals surface area (Å²) in [7, 11) is 0. The Bertz CT molecular complexity index is 1040. The number of rotatable bonds is 3. The number of aromatic carboxylic acids is 1. The van der Waals surface area contributed by atoms with Crippen LogP contribution >= 0.6 is 0 Å². The lowest BCUT2D eigenvalue weighted by Crippen LogP contribution is -2.05. The van der Waals surface area contributed by atoms with Crippen molar-refractivity contribution in [2.45, 2.75) is 0 Å². The fourth-order valence-electron chi connectivity index (χ4n) is 2.85. The summed E-state index contributed by atoms with van der Waals surface area (Å²) in [5, 5.41) is 15.7. The third kappa shape index (κ3) is 2.59. The average molecular weight is 331 g/mol. The van der Waals surface area contributed by atoms with Gasteiger partial charge in [0.05, 0.1) is 16.7 Å². The highest BCUT2D eigenvalue weighted by Crippen LogP contribution is 2.36. The molecule has 0 fully saturated rings. The van der Waals surface area contributed by atoms with Crippen molar-refractivity contribution in [1.29, 1.82) is 0 Å². The Balaban J connectivity index is 1.72. The first kappa shape index (κ1) is 14.9. The molecule has 3 aromatic rings. The second-order valence-corrected chi connectivity index (χ2v) is 5.60. The number of nitrogens with one attached hydrogen (secondary N) is 2. The summed E-state index contributed by atoms with van der Waals surface area (Å²) in [5.41, 5.74) is 3.78. The van der Waals surface area contributed by atoms with Crippen LogP contribution < -0.4 is 10.6 Å². The Kier molecular flexibility index (Phi) is 3.43. The van der Waals surface area contributed by atoms with E-state index in [0.29, 0.717) is 11.3 Å². The Morgan fingerprint density at radius 3 is 2.68 bits per heavy atom. The number of carboxylic acid groups (broad SMARTS) is 1. The zero-order chi connectivity index (χ0) is 17.4. The van der Waals surface area contributed by atoms with E-state index in [1.807, 2.05) is 24.3 Å². The number of hydrogen-bond donors (Lipinski definition) is 3. The molecule has 3 N–H and O–H groups in total. The number of benzene rings is 2. The van der Waals surface area contributed by atoms with Gasteiger partial charge in [0.2, 0.25) is 0 Å². The molecular weight excluding hydrogens is 318 g/mol. The van der Waals surface area contributed by atoms with Crippen LogP contribution in [-0.2, 0) is 4.79 Å². The maximum atomic E-state index is 12.3. The molecule has 0 spiro atoms. The summed E-state index contributed by atoms with van der Waals surface area (Å²) in [6.45, 7) is 0. The zero-order valence-electron chi connectivity index (χ0n) is 13.0. The van der Waals surface area contributed by atoms with Gasteiger partial charge >= 0.3 is 5.97 Å². The third-order valence-electron chi connectivity index (χ3n) is 4.06. The van der Waals surface area contributed by atoms with Crippen LogP contribution in [0.1, 0.15) is 15.9 Å². The van der Waals surface area contributed by atoms with Gasteiger partial charge < -0.3 is 15.7 Å². The molecule has 2 aromatic carbocycles. The van der Waals surface area contributed by atoms with Crippen LogP contribution in [0.25, 0.3) is 16.5 Å². The van der Waals surface area contributed by atoms with Crippen molar-refractivity contribution in [1.82, 2.24) is 4.98 Å². The van der Waals surface area contributed by atoms with Crippen LogP contribution in [0, 0.1) is 0 Å². The van der Waals surface area contributed by atoms with E-state index >= 15 is 0 Å². The van der Waals surface area contributed by atoms with Gasteiger partial charge in [-0.25, -0.2) is 4.79 Å². The minimum Gasteiger partial charge on any atom is -0.478 e. The van der Waals surface area contributed by atoms with Gasteiger partial charge in [0.1, 0.15) is 0 Å². The first-order valence-electron chi connectivity index (χ1n) is 7.63. The summed E-state index contributed by atoms with van der Waals surface area (Å²) in [5.74, 6) is -1.17.